The number of aryl methyl sites for hydroxylation is 1. The second-order valence-corrected chi connectivity index (χ2v) is 7.79. The third-order valence-electron chi connectivity index (χ3n) is 4.76. The van der Waals surface area contributed by atoms with E-state index in [-0.39, 0.29) is 30.2 Å². The van der Waals surface area contributed by atoms with Crippen molar-refractivity contribution in [2.24, 2.45) is 0 Å². The van der Waals surface area contributed by atoms with E-state index in [9.17, 15) is 9.18 Å². The van der Waals surface area contributed by atoms with Gasteiger partial charge in [0.15, 0.2) is 5.69 Å². The Morgan fingerprint density at radius 1 is 1.20 bits per heavy atom. The normalized spacial score (nSPS) is 12.3. The second-order valence-electron chi connectivity index (χ2n) is 7.79. The maximum absolute atomic E-state index is 13.6. The number of ether oxygens (including phenoxy) is 2. The highest BCUT2D eigenvalue weighted by Crippen LogP contribution is 2.27. The zero-order chi connectivity index (χ0) is 22.3. The van der Waals surface area contributed by atoms with E-state index in [4.69, 9.17) is 9.47 Å². The lowest BCUT2D eigenvalue weighted by Crippen LogP contribution is -2.30. The fraction of sp³-hybridized carbons (Fsp3) is 0.500. The molecule has 1 aromatic heterocycles. The molecule has 0 aliphatic rings. The van der Waals surface area contributed by atoms with Crippen LogP contribution in [0.2, 0.25) is 0 Å². The summed E-state index contributed by atoms with van der Waals surface area (Å²) >= 11 is 0. The van der Waals surface area contributed by atoms with E-state index in [1.807, 2.05) is 40.0 Å². The molecular formula is C22H31FN4O3. The van der Waals surface area contributed by atoms with Gasteiger partial charge in [-0.1, -0.05) is 6.07 Å². The van der Waals surface area contributed by atoms with Crippen LogP contribution in [0.4, 0.5) is 4.39 Å². The minimum atomic E-state index is -0.567. The average molecular weight is 419 g/mol. The van der Waals surface area contributed by atoms with E-state index in [1.165, 1.54) is 18.3 Å². The highest BCUT2D eigenvalue weighted by Gasteiger charge is 2.21. The van der Waals surface area contributed by atoms with Crippen LogP contribution in [0.25, 0.3) is 11.1 Å². The molecule has 0 aliphatic carbocycles. The third kappa shape index (κ3) is 6.74. The van der Waals surface area contributed by atoms with Crippen LogP contribution in [-0.4, -0.2) is 79.7 Å². The predicted octanol–water partition coefficient (Wildman–Crippen LogP) is 3.03. The summed E-state index contributed by atoms with van der Waals surface area (Å²) in [5, 5.41) is 0. The van der Waals surface area contributed by atoms with Crippen molar-refractivity contribution >= 4 is 5.97 Å². The summed E-state index contributed by atoms with van der Waals surface area (Å²) in [6.07, 6.45) is 2.33. The molecule has 0 aliphatic heterocycles. The maximum Gasteiger partial charge on any atom is 0.357 e. The van der Waals surface area contributed by atoms with Gasteiger partial charge >= 0.3 is 12.0 Å². The number of hydrogen-bond acceptors (Lipinski definition) is 7. The van der Waals surface area contributed by atoms with Gasteiger partial charge in [0.25, 0.3) is 0 Å². The average Bonchev–Trinajstić information content (AvgIpc) is 2.69. The Morgan fingerprint density at radius 2 is 1.93 bits per heavy atom. The van der Waals surface area contributed by atoms with Gasteiger partial charge in [0, 0.05) is 24.3 Å². The van der Waals surface area contributed by atoms with Crippen molar-refractivity contribution in [3.8, 4) is 17.1 Å². The molecule has 0 bridgehead atoms. The lowest BCUT2D eigenvalue weighted by atomic mass is 10.0. The van der Waals surface area contributed by atoms with Gasteiger partial charge < -0.3 is 19.3 Å². The third-order valence-corrected chi connectivity index (χ3v) is 4.76. The van der Waals surface area contributed by atoms with E-state index < -0.39 is 5.97 Å². The smallest absolute Gasteiger partial charge is 0.357 e. The number of rotatable bonds is 10. The van der Waals surface area contributed by atoms with Gasteiger partial charge in [0.2, 0.25) is 0 Å². The summed E-state index contributed by atoms with van der Waals surface area (Å²) in [6.45, 7) is 5.24. The Balaban J connectivity index is 2.29. The number of aromatic nitrogens is 2. The highest BCUT2D eigenvalue weighted by molar-refractivity contribution is 5.95. The summed E-state index contributed by atoms with van der Waals surface area (Å²) in [6, 6.07) is 4.53. The van der Waals surface area contributed by atoms with Crippen LogP contribution in [0, 0.1) is 12.7 Å². The monoisotopic (exact) mass is 418 g/mol. The lowest BCUT2D eigenvalue weighted by Gasteiger charge is -2.19. The van der Waals surface area contributed by atoms with Gasteiger partial charge in [0.1, 0.15) is 12.4 Å². The number of esters is 1. The minimum Gasteiger partial charge on any atom is -0.463 e. The zero-order valence-corrected chi connectivity index (χ0v) is 18.6. The first-order chi connectivity index (χ1) is 14.2. The van der Waals surface area contributed by atoms with Crippen molar-refractivity contribution in [2.45, 2.75) is 26.3 Å². The van der Waals surface area contributed by atoms with Gasteiger partial charge in [-0.05, 0) is 71.7 Å². The Labute approximate surface area is 177 Å². The maximum atomic E-state index is 13.6. The van der Waals surface area contributed by atoms with Gasteiger partial charge in [-0.3, -0.25) is 0 Å². The van der Waals surface area contributed by atoms with E-state index in [0.29, 0.717) is 23.3 Å². The van der Waals surface area contributed by atoms with E-state index in [2.05, 4.69) is 14.9 Å². The van der Waals surface area contributed by atoms with Crippen LogP contribution >= 0.6 is 0 Å². The SMILES string of the molecule is Cc1cc(F)ccc1-c1cnc(OCCCN(C)C)nc1C(=O)OCC(C)N(C)C. The molecule has 0 N–H and O–H groups in total. The van der Waals surface area contributed by atoms with Crippen molar-refractivity contribution in [3.63, 3.8) is 0 Å². The first-order valence-corrected chi connectivity index (χ1v) is 9.93. The lowest BCUT2D eigenvalue weighted by molar-refractivity contribution is 0.0409. The van der Waals surface area contributed by atoms with Crippen LogP contribution in [0.15, 0.2) is 24.4 Å². The molecule has 0 spiro atoms. The van der Waals surface area contributed by atoms with Crippen LogP contribution in [-0.2, 0) is 4.74 Å². The topological polar surface area (TPSA) is 67.8 Å². The number of hydrogen-bond donors (Lipinski definition) is 0. The molecule has 0 amide bonds. The fourth-order valence-electron chi connectivity index (χ4n) is 2.68. The Hall–Kier alpha value is -2.58. The molecule has 0 radical (unpaired) electrons. The minimum absolute atomic E-state index is 0.0496. The molecule has 0 saturated carbocycles. The molecule has 0 fully saturated rings. The number of carbonyl (C=O) groups is 1. The van der Waals surface area contributed by atoms with Crippen LogP contribution in [0.1, 0.15) is 29.4 Å². The quantitative estimate of drug-likeness (QED) is 0.434. The largest absolute Gasteiger partial charge is 0.463 e. The molecule has 2 rings (SSSR count). The number of nitrogens with zero attached hydrogens (tertiary/aromatic N) is 4. The number of likely N-dealkylation sites (N-methyl/N-ethyl adjacent to an activating group) is 1. The Kier molecular flexibility index (Phi) is 8.68. The molecule has 2 aromatic rings. The summed E-state index contributed by atoms with van der Waals surface area (Å²) in [5.41, 5.74) is 1.93. The molecule has 30 heavy (non-hydrogen) atoms. The van der Waals surface area contributed by atoms with E-state index >= 15 is 0 Å². The molecule has 1 heterocycles. The number of benzene rings is 1. The molecule has 1 unspecified atom stereocenters. The van der Waals surface area contributed by atoms with Gasteiger partial charge in [-0.2, -0.15) is 4.98 Å². The van der Waals surface area contributed by atoms with Crippen molar-refractivity contribution in [2.75, 3.05) is 47.9 Å². The molecule has 1 aromatic carbocycles. The summed E-state index contributed by atoms with van der Waals surface area (Å²) in [7, 11) is 7.80. The fourth-order valence-corrected chi connectivity index (χ4v) is 2.68. The van der Waals surface area contributed by atoms with Crippen molar-refractivity contribution < 1.29 is 18.7 Å². The second kappa shape index (κ2) is 11.0. The predicted molar refractivity (Wildman–Crippen MR) is 114 cm³/mol. The molecule has 164 valence electrons. The number of halogens is 1. The molecule has 1 atom stereocenters. The molecule has 0 saturated heterocycles. The summed E-state index contributed by atoms with van der Waals surface area (Å²) in [4.78, 5) is 25.4. The molecule has 7 nitrogen and oxygen atoms in total. The first kappa shape index (κ1) is 23.7. The van der Waals surface area contributed by atoms with Crippen molar-refractivity contribution in [3.05, 3.63) is 41.5 Å². The van der Waals surface area contributed by atoms with E-state index in [0.717, 1.165) is 13.0 Å². The van der Waals surface area contributed by atoms with Crippen molar-refractivity contribution in [1.29, 1.82) is 0 Å². The summed E-state index contributed by atoms with van der Waals surface area (Å²) in [5.74, 6) is -0.912. The first-order valence-electron chi connectivity index (χ1n) is 9.93. The van der Waals surface area contributed by atoms with Gasteiger partial charge in [0.05, 0.1) is 6.61 Å². The van der Waals surface area contributed by atoms with Crippen LogP contribution in [0.5, 0.6) is 6.01 Å². The van der Waals surface area contributed by atoms with E-state index in [1.54, 1.807) is 13.0 Å². The highest BCUT2D eigenvalue weighted by atomic mass is 19.1. The zero-order valence-electron chi connectivity index (χ0n) is 18.6. The van der Waals surface area contributed by atoms with Gasteiger partial charge in [-0.15, -0.1) is 0 Å². The molecule has 8 heteroatoms. The van der Waals surface area contributed by atoms with Crippen LogP contribution < -0.4 is 4.74 Å². The summed E-state index contributed by atoms with van der Waals surface area (Å²) < 4.78 is 24.7. The van der Waals surface area contributed by atoms with Crippen LogP contribution in [0.3, 0.4) is 0 Å². The Bertz CT molecular complexity index is 858. The Morgan fingerprint density at radius 3 is 2.57 bits per heavy atom. The van der Waals surface area contributed by atoms with Crippen molar-refractivity contribution in [1.82, 2.24) is 19.8 Å². The molecular weight excluding hydrogens is 387 g/mol. The van der Waals surface area contributed by atoms with Gasteiger partial charge in [-0.25, -0.2) is 14.2 Å². The standard InChI is InChI=1S/C22H31FN4O3/c1-15-12-17(23)8-9-18(15)19-13-24-22(29-11-7-10-26(3)4)25-20(19)21(28)30-14-16(2)27(5)6/h8-9,12-13,16H,7,10-11,14H2,1-6H3. The number of carbonyl (C=O) groups excluding carboxylic acids is 1.